The minimum absolute atomic E-state index is 0.161. The molecule has 1 saturated carbocycles. The second kappa shape index (κ2) is 5.59. The van der Waals surface area contributed by atoms with Gasteiger partial charge in [-0.05, 0) is 62.4 Å². The van der Waals surface area contributed by atoms with Gasteiger partial charge in [-0.3, -0.25) is 0 Å². The summed E-state index contributed by atoms with van der Waals surface area (Å²) >= 11 is 0. The van der Waals surface area contributed by atoms with Crippen molar-refractivity contribution in [3.63, 3.8) is 0 Å². The third kappa shape index (κ3) is 2.82. The number of hydrogen-bond donors (Lipinski definition) is 1. The molecule has 1 aromatic carbocycles. The van der Waals surface area contributed by atoms with Crippen LogP contribution >= 0.6 is 0 Å². The van der Waals surface area contributed by atoms with Gasteiger partial charge < -0.3 is 10.6 Å². The molecule has 2 fully saturated rings. The highest BCUT2D eigenvalue weighted by atomic mass is 19.1. The van der Waals surface area contributed by atoms with Gasteiger partial charge in [0.25, 0.3) is 0 Å². The molecule has 0 amide bonds. The van der Waals surface area contributed by atoms with Crippen LogP contribution in [0.1, 0.15) is 37.2 Å². The van der Waals surface area contributed by atoms with Gasteiger partial charge in [-0.25, -0.2) is 4.39 Å². The van der Waals surface area contributed by atoms with Crippen LogP contribution in [0, 0.1) is 11.7 Å². The zero-order valence-corrected chi connectivity index (χ0v) is 11.4. The highest BCUT2D eigenvalue weighted by Crippen LogP contribution is 2.39. The summed E-state index contributed by atoms with van der Waals surface area (Å²) in [6, 6.07) is 7.20. The average molecular weight is 262 g/mol. The monoisotopic (exact) mass is 262 g/mol. The first-order valence-corrected chi connectivity index (χ1v) is 7.47. The molecule has 0 bridgehead atoms. The molecule has 2 N–H and O–H groups in total. The van der Waals surface area contributed by atoms with Crippen LogP contribution in [-0.4, -0.2) is 30.6 Å². The summed E-state index contributed by atoms with van der Waals surface area (Å²) in [6.07, 6.45) is 4.97. The van der Waals surface area contributed by atoms with Crippen molar-refractivity contribution in [3.05, 3.63) is 35.6 Å². The summed E-state index contributed by atoms with van der Waals surface area (Å²) < 4.78 is 13.1. The molecular formula is C16H23FN2. The Morgan fingerprint density at radius 2 is 1.79 bits per heavy atom. The van der Waals surface area contributed by atoms with Gasteiger partial charge in [-0.2, -0.15) is 0 Å². The fourth-order valence-corrected chi connectivity index (χ4v) is 3.82. The molecule has 0 radical (unpaired) electrons. The summed E-state index contributed by atoms with van der Waals surface area (Å²) in [5.41, 5.74) is 7.52. The van der Waals surface area contributed by atoms with Crippen molar-refractivity contribution in [2.45, 2.75) is 37.6 Å². The Balaban J connectivity index is 1.74. The zero-order chi connectivity index (χ0) is 13.2. The Kier molecular flexibility index (Phi) is 3.85. The Hall–Kier alpha value is -0.930. The van der Waals surface area contributed by atoms with E-state index in [0.29, 0.717) is 11.8 Å². The molecule has 2 nitrogen and oxygen atoms in total. The fourth-order valence-electron chi connectivity index (χ4n) is 3.82. The van der Waals surface area contributed by atoms with Crippen molar-refractivity contribution in [1.82, 2.24) is 4.90 Å². The maximum Gasteiger partial charge on any atom is 0.123 e. The van der Waals surface area contributed by atoms with Gasteiger partial charge in [0.2, 0.25) is 0 Å². The molecule has 0 unspecified atom stereocenters. The average Bonchev–Trinajstić information content (AvgIpc) is 3.02. The van der Waals surface area contributed by atoms with E-state index in [0.717, 1.165) is 13.0 Å². The number of hydrogen-bond acceptors (Lipinski definition) is 2. The molecule has 3 rings (SSSR count). The molecular weight excluding hydrogens is 239 g/mol. The molecule has 1 aliphatic heterocycles. The van der Waals surface area contributed by atoms with Gasteiger partial charge in [0.05, 0.1) is 0 Å². The lowest BCUT2D eigenvalue weighted by atomic mass is 9.86. The second-order valence-electron chi connectivity index (χ2n) is 6.09. The van der Waals surface area contributed by atoms with Crippen LogP contribution in [0.15, 0.2) is 24.3 Å². The van der Waals surface area contributed by atoms with Crippen LogP contribution in [-0.2, 0) is 0 Å². The Bertz CT molecular complexity index is 411. The van der Waals surface area contributed by atoms with E-state index in [2.05, 4.69) is 4.90 Å². The number of benzene rings is 1. The largest absolute Gasteiger partial charge is 0.327 e. The fraction of sp³-hybridized carbons (Fsp3) is 0.625. The van der Waals surface area contributed by atoms with Gasteiger partial charge in [0.15, 0.2) is 0 Å². The molecule has 104 valence electrons. The van der Waals surface area contributed by atoms with E-state index in [4.69, 9.17) is 5.73 Å². The van der Waals surface area contributed by atoms with Crippen molar-refractivity contribution in [2.24, 2.45) is 11.7 Å². The van der Waals surface area contributed by atoms with E-state index in [1.54, 1.807) is 12.1 Å². The molecule has 19 heavy (non-hydrogen) atoms. The van der Waals surface area contributed by atoms with E-state index in [9.17, 15) is 4.39 Å². The predicted octanol–water partition coefficient (Wildman–Crippen LogP) is 2.74. The molecule has 0 spiro atoms. The second-order valence-corrected chi connectivity index (χ2v) is 6.09. The van der Waals surface area contributed by atoms with Crippen LogP contribution < -0.4 is 5.73 Å². The van der Waals surface area contributed by atoms with Crippen LogP contribution in [0.25, 0.3) is 0 Å². The summed E-state index contributed by atoms with van der Waals surface area (Å²) in [6.45, 7) is 3.64. The Labute approximate surface area is 114 Å². The molecule has 0 aromatic heterocycles. The number of halogens is 1. The minimum Gasteiger partial charge on any atom is -0.327 e. The lowest BCUT2D eigenvalue weighted by Crippen LogP contribution is -2.32. The SMILES string of the molecule is N[C@H]1CC[C@H](CN2CCCC2)[C@H]1c1ccc(F)cc1. The number of likely N-dealkylation sites (tertiary alicyclic amines) is 1. The first-order valence-electron chi connectivity index (χ1n) is 7.47. The smallest absolute Gasteiger partial charge is 0.123 e. The molecule has 1 aliphatic carbocycles. The Morgan fingerprint density at radius 3 is 2.47 bits per heavy atom. The number of nitrogens with zero attached hydrogens (tertiary/aromatic N) is 1. The van der Waals surface area contributed by atoms with E-state index >= 15 is 0 Å². The molecule has 1 aromatic rings. The van der Waals surface area contributed by atoms with Crippen molar-refractivity contribution < 1.29 is 4.39 Å². The predicted molar refractivity (Wildman–Crippen MR) is 75.5 cm³/mol. The third-order valence-electron chi connectivity index (χ3n) is 4.79. The summed E-state index contributed by atoms with van der Waals surface area (Å²) in [5.74, 6) is 0.881. The third-order valence-corrected chi connectivity index (χ3v) is 4.79. The zero-order valence-electron chi connectivity index (χ0n) is 11.4. The normalized spacial score (nSPS) is 32.0. The quantitative estimate of drug-likeness (QED) is 0.907. The molecule has 3 heteroatoms. The molecule has 1 heterocycles. The van der Waals surface area contributed by atoms with Crippen LogP contribution in [0.5, 0.6) is 0 Å². The molecule has 3 atom stereocenters. The van der Waals surface area contributed by atoms with E-state index < -0.39 is 0 Å². The number of nitrogens with two attached hydrogens (primary N) is 1. The summed E-state index contributed by atoms with van der Waals surface area (Å²) in [5, 5.41) is 0. The van der Waals surface area contributed by atoms with E-state index in [-0.39, 0.29) is 11.9 Å². The lowest BCUT2D eigenvalue weighted by Gasteiger charge is -2.27. The summed E-state index contributed by atoms with van der Waals surface area (Å²) in [7, 11) is 0. The first kappa shape index (κ1) is 13.1. The van der Waals surface area contributed by atoms with Crippen molar-refractivity contribution >= 4 is 0 Å². The van der Waals surface area contributed by atoms with Crippen molar-refractivity contribution in [2.75, 3.05) is 19.6 Å². The van der Waals surface area contributed by atoms with Crippen LogP contribution in [0.4, 0.5) is 4.39 Å². The van der Waals surface area contributed by atoms with E-state index in [1.165, 1.54) is 37.9 Å². The van der Waals surface area contributed by atoms with Crippen LogP contribution in [0.3, 0.4) is 0 Å². The topological polar surface area (TPSA) is 29.3 Å². The van der Waals surface area contributed by atoms with Gasteiger partial charge in [0.1, 0.15) is 5.82 Å². The Morgan fingerprint density at radius 1 is 1.11 bits per heavy atom. The standard InChI is InChI=1S/C16H23FN2/c17-14-6-3-12(4-7-14)16-13(5-8-15(16)18)11-19-9-1-2-10-19/h3-4,6-7,13,15-16H,1-2,5,8-11,18H2/t13-,15+,16-/m1/s1. The lowest BCUT2D eigenvalue weighted by molar-refractivity contribution is 0.264. The van der Waals surface area contributed by atoms with Gasteiger partial charge in [-0.15, -0.1) is 0 Å². The molecule has 2 aliphatic rings. The maximum atomic E-state index is 13.1. The van der Waals surface area contributed by atoms with Crippen molar-refractivity contribution in [3.8, 4) is 0 Å². The van der Waals surface area contributed by atoms with Crippen LogP contribution in [0.2, 0.25) is 0 Å². The van der Waals surface area contributed by atoms with Gasteiger partial charge >= 0.3 is 0 Å². The van der Waals surface area contributed by atoms with Gasteiger partial charge in [0, 0.05) is 18.5 Å². The minimum atomic E-state index is -0.161. The van der Waals surface area contributed by atoms with E-state index in [1.807, 2.05) is 12.1 Å². The highest BCUT2D eigenvalue weighted by Gasteiger charge is 2.36. The summed E-state index contributed by atoms with van der Waals surface area (Å²) in [4.78, 5) is 2.57. The number of rotatable bonds is 3. The first-order chi connectivity index (χ1) is 9.24. The highest BCUT2D eigenvalue weighted by molar-refractivity contribution is 5.24. The molecule has 1 saturated heterocycles. The van der Waals surface area contributed by atoms with Gasteiger partial charge in [-0.1, -0.05) is 12.1 Å². The maximum absolute atomic E-state index is 13.1. The van der Waals surface area contributed by atoms with Crippen molar-refractivity contribution in [1.29, 1.82) is 0 Å².